The highest BCUT2D eigenvalue weighted by molar-refractivity contribution is 5.91. The molecule has 1 aromatic rings. The van der Waals surface area contributed by atoms with E-state index in [0.29, 0.717) is 13.0 Å². The van der Waals surface area contributed by atoms with E-state index in [1.807, 2.05) is 19.0 Å². The van der Waals surface area contributed by atoms with Crippen LogP contribution in [0.4, 0.5) is 5.82 Å². The number of carbonyl (C=O) groups is 2. The Bertz CT molecular complexity index is 418. The lowest BCUT2D eigenvalue weighted by Crippen LogP contribution is -2.21. The van der Waals surface area contributed by atoms with E-state index in [0.717, 1.165) is 0 Å². The number of aromatic nitrogens is 1. The van der Waals surface area contributed by atoms with Crippen LogP contribution >= 0.6 is 0 Å². The molecule has 0 saturated heterocycles. The Morgan fingerprint density at radius 3 is 2.71 bits per heavy atom. The van der Waals surface area contributed by atoms with Crippen molar-refractivity contribution in [3.8, 4) is 0 Å². The van der Waals surface area contributed by atoms with Gasteiger partial charge >= 0.3 is 5.97 Å². The molecular weight excluding hydrogens is 222 g/mol. The second-order valence-electron chi connectivity index (χ2n) is 3.81. The molecule has 2 N–H and O–H groups in total. The van der Waals surface area contributed by atoms with Crippen LogP contribution < -0.4 is 5.32 Å². The van der Waals surface area contributed by atoms with Crippen molar-refractivity contribution in [2.45, 2.75) is 6.42 Å². The van der Waals surface area contributed by atoms with Crippen molar-refractivity contribution < 1.29 is 14.7 Å². The number of carboxylic acid groups (broad SMARTS) is 1. The summed E-state index contributed by atoms with van der Waals surface area (Å²) in [6.07, 6.45) is 0.339. The number of pyridine rings is 1. The molecular formula is C11H15N3O3. The third-order valence-electron chi connectivity index (χ3n) is 2.02. The number of rotatable bonds is 5. The molecule has 0 unspecified atom stereocenters. The van der Waals surface area contributed by atoms with Crippen LogP contribution in [0.5, 0.6) is 0 Å². The lowest BCUT2D eigenvalue weighted by atomic mass is 10.3. The quantitative estimate of drug-likeness (QED) is 0.786. The molecule has 0 aliphatic carbocycles. The summed E-state index contributed by atoms with van der Waals surface area (Å²) < 4.78 is 0. The Balaban J connectivity index is 2.59. The summed E-state index contributed by atoms with van der Waals surface area (Å²) in [7, 11) is 3.74. The molecule has 92 valence electrons. The highest BCUT2D eigenvalue weighted by Crippen LogP contribution is 2.05. The van der Waals surface area contributed by atoms with Gasteiger partial charge in [0.2, 0.25) is 5.91 Å². The summed E-state index contributed by atoms with van der Waals surface area (Å²) in [6, 6.07) is 4.47. The average molecular weight is 237 g/mol. The summed E-state index contributed by atoms with van der Waals surface area (Å²) in [5.74, 6) is -1.04. The number of nitrogens with zero attached hydrogens (tertiary/aromatic N) is 2. The van der Waals surface area contributed by atoms with Gasteiger partial charge in [0.05, 0.1) is 0 Å². The van der Waals surface area contributed by atoms with Crippen LogP contribution in [0.15, 0.2) is 18.2 Å². The first-order chi connectivity index (χ1) is 7.99. The highest BCUT2D eigenvalue weighted by atomic mass is 16.4. The van der Waals surface area contributed by atoms with Gasteiger partial charge in [0.15, 0.2) is 5.69 Å². The topological polar surface area (TPSA) is 82.5 Å². The third-order valence-corrected chi connectivity index (χ3v) is 2.02. The number of amides is 1. The summed E-state index contributed by atoms with van der Waals surface area (Å²) in [6.45, 7) is 0.629. The Morgan fingerprint density at radius 1 is 1.41 bits per heavy atom. The van der Waals surface area contributed by atoms with Crippen molar-refractivity contribution in [1.29, 1.82) is 0 Å². The normalized spacial score (nSPS) is 10.3. The molecule has 0 aromatic carbocycles. The van der Waals surface area contributed by atoms with Gasteiger partial charge in [0.1, 0.15) is 5.82 Å². The fourth-order valence-corrected chi connectivity index (χ4v) is 1.15. The maximum atomic E-state index is 11.5. The van der Waals surface area contributed by atoms with E-state index in [2.05, 4.69) is 10.3 Å². The second kappa shape index (κ2) is 5.95. The predicted molar refractivity (Wildman–Crippen MR) is 63.0 cm³/mol. The first kappa shape index (κ1) is 13.1. The number of hydrogen-bond donors (Lipinski definition) is 2. The molecule has 1 rings (SSSR count). The number of hydrogen-bond acceptors (Lipinski definition) is 4. The molecule has 6 nitrogen and oxygen atoms in total. The first-order valence-electron chi connectivity index (χ1n) is 5.14. The van der Waals surface area contributed by atoms with Crippen LogP contribution in [0.2, 0.25) is 0 Å². The van der Waals surface area contributed by atoms with Crippen LogP contribution in [-0.2, 0) is 4.79 Å². The van der Waals surface area contributed by atoms with Crippen LogP contribution in [0.3, 0.4) is 0 Å². The van der Waals surface area contributed by atoms with Crippen molar-refractivity contribution in [2.24, 2.45) is 0 Å². The zero-order valence-electron chi connectivity index (χ0n) is 9.80. The molecule has 0 saturated carbocycles. The summed E-state index contributed by atoms with van der Waals surface area (Å²) in [4.78, 5) is 27.8. The molecule has 1 heterocycles. The molecule has 0 aliphatic heterocycles. The lowest BCUT2D eigenvalue weighted by Gasteiger charge is -2.09. The van der Waals surface area contributed by atoms with Crippen molar-refractivity contribution in [3.63, 3.8) is 0 Å². The van der Waals surface area contributed by atoms with Crippen molar-refractivity contribution in [2.75, 3.05) is 26.0 Å². The Labute approximate surface area is 99.3 Å². The van der Waals surface area contributed by atoms with Gasteiger partial charge in [-0.1, -0.05) is 6.07 Å². The van der Waals surface area contributed by atoms with Crippen LogP contribution in [0.1, 0.15) is 16.9 Å². The number of carbonyl (C=O) groups excluding carboxylic acids is 1. The zero-order valence-corrected chi connectivity index (χ0v) is 9.80. The summed E-state index contributed by atoms with van der Waals surface area (Å²) in [5.41, 5.74) is -0.0876. The van der Waals surface area contributed by atoms with Gasteiger partial charge in [-0.2, -0.15) is 0 Å². The van der Waals surface area contributed by atoms with E-state index in [1.165, 1.54) is 12.1 Å². The number of carboxylic acids is 1. The Hall–Kier alpha value is -1.95. The minimum Gasteiger partial charge on any atom is -0.477 e. The molecule has 0 radical (unpaired) electrons. The average Bonchev–Trinajstić information content (AvgIpc) is 2.26. The number of aromatic carboxylic acids is 1. The van der Waals surface area contributed by atoms with E-state index >= 15 is 0 Å². The van der Waals surface area contributed by atoms with E-state index in [9.17, 15) is 9.59 Å². The fraction of sp³-hybridized carbons (Fsp3) is 0.364. The zero-order chi connectivity index (χ0) is 12.8. The maximum absolute atomic E-state index is 11.5. The summed E-state index contributed by atoms with van der Waals surface area (Å²) >= 11 is 0. The standard InChI is InChI=1S/C11H15N3O3/c1-14(2)7-6-10(15)13-9-5-3-4-8(12-9)11(16)17/h3-5H,6-7H2,1-2H3,(H,16,17)(H,12,13,15). The second-order valence-corrected chi connectivity index (χ2v) is 3.81. The van der Waals surface area contributed by atoms with E-state index in [1.54, 1.807) is 6.07 Å². The largest absolute Gasteiger partial charge is 0.477 e. The molecule has 0 aliphatic rings. The third kappa shape index (κ3) is 4.60. The van der Waals surface area contributed by atoms with Crippen LogP contribution in [-0.4, -0.2) is 47.5 Å². The molecule has 1 amide bonds. The maximum Gasteiger partial charge on any atom is 0.354 e. The molecule has 6 heteroatoms. The van der Waals surface area contributed by atoms with Gasteiger partial charge in [0, 0.05) is 13.0 Å². The van der Waals surface area contributed by atoms with Crippen molar-refractivity contribution in [1.82, 2.24) is 9.88 Å². The summed E-state index contributed by atoms with van der Waals surface area (Å²) in [5, 5.41) is 11.3. The predicted octanol–water partition coefficient (Wildman–Crippen LogP) is 0.670. The molecule has 0 atom stereocenters. The van der Waals surface area contributed by atoms with Crippen molar-refractivity contribution >= 4 is 17.7 Å². The minimum atomic E-state index is -1.12. The van der Waals surface area contributed by atoms with Gasteiger partial charge in [-0.3, -0.25) is 4.79 Å². The molecule has 0 spiro atoms. The minimum absolute atomic E-state index is 0.0876. The fourth-order valence-electron chi connectivity index (χ4n) is 1.15. The van der Waals surface area contributed by atoms with E-state index < -0.39 is 5.97 Å². The van der Waals surface area contributed by atoms with Gasteiger partial charge in [-0.15, -0.1) is 0 Å². The van der Waals surface area contributed by atoms with E-state index in [-0.39, 0.29) is 17.4 Å². The number of nitrogens with one attached hydrogen (secondary N) is 1. The monoisotopic (exact) mass is 237 g/mol. The molecule has 0 fully saturated rings. The van der Waals surface area contributed by atoms with Gasteiger partial charge < -0.3 is 15.3 Å². The van der Waals surface area contributed by atoms with E-state index in [4.69, 9.17) is 5.11 Å². The first-order valence-corrected chi connectivity index (χ1v) is 5.14. The lowest BCUT2D eigenvalue weighted by molar-refractivity contribution is -0.116. The molecule has 1 aromatic heterocycles. The van der Waals surface area contributed by atoms with Gasteiger partial charge in [0.25, 0.3) is 0 Å². The highest BCUT2D eigenvalue weighted by Gasteiger charge is 2.07. The van der Waals surface area contributed by atoms with Gasteiger partial charge in [-0.25, -0.2) is 9.78 Å². The molecule has 17 heavy (non-hydrogen) atoms. The smallest absolute Gasteiger partial charge is 0.354 e. The Morgan fingerprint density at radius 2 is 2.12 bits per heavy atom. The Kier molecular flexibility index (Phi) is 4.59. The van der Waals surface area contributed by atoms with Crippen LogP contribution in [0, 0.1) is 0 Å². The van der Waals surface area contributed by atoms with Crippen LogP contribution in [0.25, 0.3) is 0 Å². The number of anilines is 1. The molecule has 0 bridgehead atoms. The van der Waals surface area contributed by atoms with Crippen molar-refractivity contribution in [3.05, 3.63) is 23.9 Å². The SMILES string of the molecule is CN(C)CCC(=O)Nc1cccc(C(=O)O)n1. The van der Waals surface area contributed by atoms with Gasteiger partial charge in [-0.05, 0) is 26.2 Å².